The minimum absolute atomic E-state index is 0.0752. The summed E-state index contributed by atoms with van der Waals surface area (Å²) in [6.07, 6.45) is 0. The number of carbonyl (C=O) groups is 2. The van der Waals surface area contributed by atoms with Gasteiger partial charge >= 0.3 is 0 Å². The predicted molar refractivity (Wildman–Crippen MR) is 150 cm³/mol. The zero-order valence-electron chi connectivity index (χ0n) is 22.0. The van der Waals surface area contributed by atoms with Crippen molar-refractivity contribution in [1.29, 1.82) is 0 Å². The van der Waals surface area contributed by atoms with E-state index in [2.05, 4.69) is 59.4 Å². The largest absolute Gasteiger partial charge is 0.460 e. The summed E-state index contributed by atoms with van der Waals surface area (Å²) in [5.41, 5.74) is 3.61. The van der Waals surface area contributed by atoms with Gasteiger partial charge in [0.25, 0.3) is 5.91 Å². The number of nitrogens with one attached hydrogen (secondary N) is 4. The van der Waals surface area contributed by atoms with E-state index in [9.17, 15) is 9.59 Å². The molecular weight excluding hydrogens is 502 g/mol. The fourth-order valence-electron chi connectivity index (χ4n) is 4.29. The Bertz CT molecular complexity index is 1220. The van der Waals surface area contributed by atoms with E-state index >= 15 is 0 Å². The van der Waals surface area contributed by atoms with Crippen LogP contribution in [0.3, 0.4) is 0 Å². The van der Waals surface area contributed by atoms with Crippen LogP contribution in [0, 0.1) is 6.92 Å². The van der Waals surface area contributed by atoms with Crippen LogP contribution in [0.25, 0.3) is 11.3 Å². The molecule has 2 aromatic carbocycles. The first-order chi connectivity index (χ1) is 18.4. The second-order valence-corrected chi connectivity index (χ2v) is 9.94. The first kappa shape index (κ1) is 27.9. The molecule has 1 saturated heterocycles. The molecule has 1 atom stereocenters. The molecule has 1 aromatic heterocycles. The maximum absolute atomic E-state index is 12.8. The van der Waals surface area contributed by atoms with Crippen molar-refractivity contribution in [3.63, 3.8) is 0 Å². The third-order valence-corrected chi connectivity index (χ3v) is 6.98. The van der Waals surface area contributed by atoms with Gasteiger partial charge in [0.15, 0.2) is 0 Å². The van der Waals surface area contributed by atoms with Crippen molar-refractivity contribution in [1.82, 2.24) is 26.2 Å². The number of nitrogens with zero attached hydrogens (tertiary/aromatic N) is 1. The van der Waals surface area contributed by atoms with E-state index in [1.807, 2.05) is 23.1 Å². The Balaban J connectivity index is 1.26. The third kappa shape index (κ3) is 7.68. The molecule has 1 aliphatic rings. The monoisotopic (exact) mass is 537 g/mol. The van der Waals surface area contributed by atoms with Gasteiger partial charge in [-0.1, -0.05) is 41.4 Å². The number of rotatable bonds is 11. The molecule has 2 heterocycles. The summed E-state index contributed by atoms with van der Waals surface area (Å²) in [7, 11) is 0. The van der Waals surface area contributed by atoms with E-state index in [-0.39, 0.29) is 24.4 Å². The van der Waals surface area contributed by atoms with Gasteiger partial charge in [0.05, 0.1) is 23.7 Å². The molecule has 0 bridgehead atoms. The third-order valence-electron chi connectivity index (χ3n) is 6.65. The van der Waals surface area contributed by atoms with Crippen LogP contribution in [0.15, 0.2) is 59.0 Å². The standard InChI is InChI=1S/C29H36ClN5O3/c1-20-3-5-22(6-4-20)21(2)34-18-24-8-10-27(38-24)23-7-9-26(30)25(17-23)29(37)33-12-11-32-19-28(36)35-15-13-31-14-16-35/h3-10,17,21,31-32,34H,11-16,18-19H2,1-2H3,(H,33,37)/t21-/m1/s1. The number of furan rings is 1. The van der Waals surface area contributed by atoms with Gasteiger partial charge in [-0.25, -0.2) is 0 Å². The number of hydrogen-bond acceptors (Lipinski definition) is 6. The molecule has 2 amide bonds. The Morgan fingerprint density at radius 1 is 1.05 bits per heavy atom. The summed E-state index contributed by atoms with van der Waals surface area (Å²) in [6.45, 7) is 9.01. The highest BCUT2D eigenvalue weighted by molar-refractivity contribution is 6.34. The van der Waals surface area contributed by atoms with E-state index in [0.717, 1.165) is 37.5 Å². The van der Waals surface area contributed by atoms with Gasteiger partial charge in [0.1, 0.15) is 11.5 Å². The van der Waals surface area contributed by atoms with Crippen molar-refractivity contribution >= 4 is 23.4 Å². The second-order valence-electron chi connectivity index (χ2n) is 9.54. The van der Waals surface area contributed by atoms with E-state index in [1.165, 1.54) is 11.1 Å². The van der Waals surface area contributed by atoms with Crippen LogP contribution in [0.5, 0.6) is 0 Å². The average Bonchev–Trinajstić information content (AvgIpc) is 3.41. The highest BCUT2D eigenvalue weighted by atomic mass is 35.5. The Kier molecular flexibility index (Phi) is 9.95. The molecule has 202 valence electrons. The van der Waals surface area contributed by atoms with Crippen LogP contribution in [0.1, 0.15) is 40.2 Å². The van der Waals surface area contributed by atoms with E-state index in [0.29, 0.717) is 36.0 Å². The molecule has 4 N–H and O–H groups in total. The lowest BCUT2D eigenvalue weighted by Gasteiger charge is -2.27. The fraction of sp³-hybridized carbons (Fsp3) is 0.379. The summed E-state index contributed by atoms with van der Waals surface area (Å²) < 4.78 is 6.05. The maximum atomic E-state index is 12.8. The number of carbonyl (C=O) groups excluding carboxylic acids is 2. The van der Waals surface area contributed by atoms with Gasteiger partial charge in [0, 0.05) is 50.9 Å². The van der Waals surface area contributed by atoms with Gasteiger partial charge in [-0.05, 0) is 49.7 Å². The van der Waals surface area contributed by atoms with Gasteiger partial charge < -0.3 is 30.6 Å². The molecule has 0 saturated carbocycles. The molecule has 38 heavy (non-hydrogen) atoms. The van der Waals surface area contributed by atoms with Crippen molar-refractivity contribution < 1.29 is 14.0 Å². The topological polar surface area (TPSA) is 98.6 Å². The second kappa shape index (κ2) is 13.6. The zero-order chi connectivity index (χ0) is 26.9. The van der Waals surface area contributed by atoms with E-state index in [1.54, 1.807) is 12.1 Å². The summed E-state index contributed by atoms with van der Waals surface area (Å²) in [5.74, 6) is 1.28. The highest BCUT2D eigenvalue weighted by Gasteiger charge is 2.16. The molecule has 1 fully saturated rings. The molecular formula is C29H36ClN5O3. The Labute approximate surface area is 229 Å². The number of aryl methyl sites for hydroxylation is 1. The van der Waals surface area contributed by atoms with Crippen LogP contribution >= 0.6 is 11.6 Å². The van der Waals surface area contributed by atoms with Crippen molar-refractivity contribution in [2.75, 3.05) is 45.8 Å². The Morgan fingerprint density at radius 2 is 1.82 bits per heavy atom. The molecule has 0 radical (unpaired) electrons. The number of hydrogen-bond donors (Lipinski definition) is 4. The highest BCUT2D eigenvalue weighted by Crippen LogP contribution is 2.27. The van der Waals surface area contributed by atoms with E-state index in [4.69, 9.17) is 16.0 Å². The molecule has 0 aliphatic carbocycles. The van der Waals surface area contributed by atoms with Gasteiger partial charge in [0.2, 0.25) is 5.91 Å². The molecule has 0 spiro atoms. The average molecular weight is 538 g/mol. The molecule has 8 nitrogen and oxygen atoms in total. The Morgan fingerprint density at radius 3 is 2.58 bits per heavy atom. The predicted octanol–water partition coefficient (Wildman–Crippen LogP) is 3.51. The van der Waals surface area contributed by atoms with Crippen molar-refractivity contribution in [2.45, 2.75) is 26.4 Å². The van der Waals surface area contributed by atoms with Crippen molar-refractivity contribution in [2.24, 2.45) is 0 Å². The lowest BCUT2D eigenvalue weighted by molar-refractivity contribution is -0.130. The SMILES string of the molecule is Cc1ccc([C@@H](C)NCc2ccc(-c3ccc(Cl)c(C(=O)NCCNCC(=O)N4CCNCC4)c3)o2)cc1. The summed E-state index contributed by atoms with van der Waals surface area (Å²) >= 11 is 6.33. The van der Waals surface area contributed by atoms with Crippen LogP contribution in [0.4, 0.5) is 0 Å². The molecule has 0 unspecified atom stereocenters. The minimum atomic E-state index is -0.271. The number of piperazine rings is 1. The normalized spacial score (nSPS) is 14.3. The smallest absolute Gasteiger partial charge is 0.252 e. The maximum Gasteiger partial charge on any atom is 0.252 e. The summed E-state index contributed by atoms with van der Waals surface area (Å²) in [6, 6.07) is 17.8. The minimum Gasteiger partial charge on any atom is -0.460 e. The van der Waals surface area contributed by atoms with Gasteiger partial charge in [-0.15, -0.1) is 0 Å². The number of amides is 2. The van der Waals surface area contributed by atoms with Crippen molar-refractivity contribution in [3.05, 3.63) is 82.1 Å². The first-order valence-corrected chi connectivity index (χ1v) is 13.4. The van der Waals surface area contributed by atoms with Crippen molar-refractivity contribution in [3.8, 4) is 11.3 Å². The van der Waals surface area contributed by atoms with Crippen LogP contribution in [-0.4, -0.2) is 62.5 Å². The molecule has 3 aromatic rings. The first-order valence-electron chi connectivity index (χ1n) is 13.1. The lowest BCUT2D eigenvalue weighted by Crippen LogP contribution is -2.49. The van der Waals surface area contributed by atoms with Gasteiger partial charge in [-0.3, -0.25) is 9.59 Å². The van der Waals surface area contributed by atoms with Crippen LogP contribution in [0.2, 0.25) is 5.02 Å². The van der Waals surface area contributed by atoms with Crippen LogP contribution < -0.4 is 21.3 Å². The molecule has 9 heteroatoms. The zero-order valence-corrected chi connectivity index (χ0v) is 22.7. The van der Waals surface area contributed by atoms with Crippen LogP contribution in [-0.2, 0) is 11.3 Å². The van der Waals surface area contributed by atoms with E-state index < -0.39 is 0 Å². The molecule has 4 rings (SSSR count). The fourth-order valence-corrected chi connectivity index (χ4v) is 4.49. The number of benzene rings is 2. The Hall–Kier alpha value is -3.17. The number of halogens is 1. The summed E-state index contributed by atoms with van der Waals surface area (Å²) in [4.78, 5) is 26.8. The lowest BCUT2D eigenvalue weighted by atomic mass is 10.1. The molecule has 1 aliphatic heterocycles. The van der Waals surface area contributed by atoms with Gasteiger partial charge in [-0.2, -0.15) is 0 Å². The quantitative estimate of drug-likeness (QED) is 0.279. The summed E-state index contributed by atoms with van der Waals surface area (Å²) in [5, 5.41) is 13.0.